The molecule has 174 valence electrons. The summed E-state index contributed by atoms with van der Waals surface area (Å²) in [7, 11) is 0. The van der Waals surface area contributed by atoms with Crippen molar-refractivity contribution in [3.8, 4) is 0 Å². The summed E-state index contributed by atoms with van der Waals surface area (Å²) < 4.78 is 43.0. The molecule has 0 aliphatic rings. The number of nitrogens with zero attached hydrogens (tertiary/aromatic N) is 3. The number of ketones is 1. The highest BCUT2D eigenvalue weighted by molar-refractivity contribution is 6.18. The lowest BCUT2D eigenvalue weighted by molar-refractivity contribution is 0.103. The van der Waals surface area contributed by atoms with Crippen LogP contribution in [0.3, 0.4) is 0 Å². The highest BCUT2D eigenvalue weighted by Crippen LogP contribution is 2.29. The van der Waals surface area contributed by atoms with Gasteiger partial charge in [-0.1, -0.05) is 0 Å². The molecule has 0 spiro atoms. The van der Waals surface area contributed by atoms with E-state index in [2.05, 4.69) is 20.6 Å². The highest BCUT2D eigenvalue weighted by Gasteiger charge is 2.24. The largest absolute Gasteiger partial charge is 0.383 e. The molecule has 0 atom stereocenters. The van der Waals surface area contributed by atoms with Crippen LogP contribution in [0.15, 0.2) is 48.9 Å². The van der Waals surface area contributed by atoms with Crippen LogP contribution >= 0.6 is 0 Å². The Labute approximate surface area is 191 Å². The smallest absolute Gasteiger partial charge is 0.323 e. The summed E-state index contributed by atoms with van der Waals surface area (Å²) in [4.78, 5) is 33.7. The molecular weight excluding hydrogens is 449 g/mol. The van der Waals surface area contributed by atoms with E-state index in [0.29, 0.717) is 17.1 Å². The first-order valence-corrected chi connectivity index (χ1v) is 10.1. The Morgan fingerprint density at radius 3 is 2.29 bits per heavy atom. The number of fused-ring (bicyclic) bond motifs is 1. The Hall–Kier alpha value is -4.41. The zero-order valence-electron chi connectivity index (χ0n) is 18.1. The summed E-state index contributed by atoms with van der Waals surface area (Å²) in [6.07, 6.45) is 2.81. The minimum Gasteiger partial charge on any atom is -0.383 e. The van der Waals surface area contributed by atoms with Gasteiger partial charge in [0.2, 0.25) is 0 Å². The standard InChI is InChI=1S/C23H19F3N6O2/c1-11(2)32-9-17(19-21(27)28-10-29-22(19)32)20(33)16-8-14(3-4-18(16)26)30-23(34)31-15-6-12(24)5-13(25)7-15/h3-11H,1-2H3,(H2,27,28,29)(H2,30,31,34). The fourth-order valence-corrected chi connectivity index (χ4v) is 3.52. The first-order valence-electron chi connectivity index (χ1n) is 10.1. The van der Waals surface area contributed by atoms with Crippen molar-refractivity contribution in [2.75, 3.05) is 16.4 Å². The van der Waals surface area contributed by atoms with Gasteiger partial charge in [-0.3, -0.25) is 4.79 Å². The molecule has 0 bridgehead atoms. The van der Waals surface area contributed by atoms with Crippen LogP contribution in [0.4, 0.5) is 35.2 Å². The molecule has 4 rings (SSSR count). The molecule has 4 aromatic rings. The van der Waals surface area contributed by atoms with E-state index >= 15 is 0 Å². The number of benzene rings is 2. The number of rotatable bonds is 5. The fraction of sp³-hybridized carbons (Fsp3) is 0.130. The van der Waals surface area contributed by atoms with E-state index in [1.165, 1.54) is 18.6 Å². The van der Waals surface area contributed by atoms with E-state index in [1.807, 2.05) is 13.8 Å². The van der Waals surface area contributed by atoms with Crippen molar-refractivity contribution < 1.29 is 22.8 Å². The number of hydrogen-bond donors (Lipinski definition) is 3. The molecule has 2 aromatic heterocycles. The molecule has 0 radical (unpaired) electrons. The molecule has 2 heterocycles. The molecule has 0 saturated carbocycles. The van der Waals surface area contributed by atoms with Gasteiger partial charge in [0.05, 0.1) is 16.5 Å². The van der Waals surface area contributed by atoms with E-state index < -0.39 is 29.3 Å². The van der Waals surface area contributed by atoms with E-state index in [4.69, 9.17) is 5.73 Å². The maximum Gasteiger partial charge on any atom is 0.323 e. The van der Waals surface area contributed by atoms with Gasteiger partial charge in [0.25, 0.3) is 0 Å². The molecule has 34 heavy (non-hydrogen) atoms. The van der Waals surface area contributed by atoms with Crippen LogP contribution < -0.4 is 16.4 Å². The van der Waals surface area contributed by atoms with Gasteiger partial charge >= 0.3 is 6.03 Å². The van der Waals surface area contributed by atoms with E-state index in [1.54, 1.807) is 4.57 Å². The number of carbonyl (C=O) groups is 2. The normalized spacial score (nSPS) is 11.1. The molecule has 11 heteroatoms. The summed E-state index contributed by atoms with van der Waals surface area (Å²) in [5, 5.41) is 4.97. The van der Waals surface area contributed by atoms with Crippen LogP contribution in [0.5, 0.6) is 0 Å². The average Bonchev–Trinajstić information content (AvgIpc) is 3.15. The van der Waals surface area contributed by atoms with Gasteiger partial charge in [-0.2, -0.15) is 0 Å². The topological polar surface area (TPSA) is 115 Å². The van der Waals surface area contributed by atoms with Gasteiger partial charge in [-0.25, -0.2) is 27.9 Å². The summed E-state index contributed by atoms with van der Waals surface area (Å²) in [6, 6.07) is 5.03. The van der Waals surface area contributed by atoms with Crippen molar-refractivity contribution in [2.45, 2.75) is 19.9 Å². The Bertz CT molecular complexity index is 1410. The number of urea groups is 1. The summed E-state index contributed by atoms with van der Waals surface area (Å²) in [6.45, 7) is 3.78. The SMILES string of the molecule is CC(C)n1cc(C(=O)c2cc(NC(=O)Nc3cc(F)cc(F)c3)ccc2F)c2c(N)ncnc21. The van der Waals surface area contributed by atoms with Crippen LogP contribution in [-0.4, -0.2) is 26.3 Å². The zero-order chi connectivity index (χ0) is 24.6. The molecule has 8 nitrogen and oxygen atoms in total. The van der Waals surface area contributed by atoms with E-state index in [0.717, 1.165) is 24.3 Å². The number of amides is 2. The lowest BCUT2D eigenvalue weighted by Gasteiger charge is -2.10. The van der Waals surface area contributed by atoms with Gasteiger partial charge in [0.15, 0.2) is 5.78 Å². The van der Waals surface area contributed by atoms with Crippen LogP contribution in [0.25, 0.3) is 11.0 Å². The lowest BCUT2D eigenvalue weighted by Crippen LogP contribution is -2.20. The monoisotopic (exact) mass is 468 g/mol. The van der Waals surface area contributed by atoms with Gasteiger partial charge in [-0.15, -0.1) is 0 Å². The molecule has 2 amide bonds. The first-order chi connectivity index (χ1) is 16.1. The van der Waals surface area contributed by atoms with Crippen LogP contribution in [0.1, 0.15) is 35.8 Å². The molecule has 0 unspecified atom stereocenters. The van der Waals surface area contributed by atoms with Crippen molar-refractivity contribution >= 4 is 40.0 Å². The molecule has 0 aliphatic heterocycles. The van der Waals surface area contributed by atoms with Gasteiger partial charge < -0.3 is 20.9 Å². The third kappa shape index (κ3) is 4.40. The first kappa shape index (κ1) is 22.8. The number of carbonyl (C=O) groups excluding carboxylic acids is 2. The van der Waals surface area contributed by atoms with E-state index in [-0.39, 0.29) is 34.4 Å². The summed E-state index contributed by atoms with van der Waals surface area (Å²) in [5.74, 6) is -3.16. The summed E-state index contributed by atoms with van der Waals surface area (Å²) in [5.41, 5.74) is 6.17. The molecular formula is C23H19F3N6O2. The number of aromatic nitrogens is 3. The Balaban J connectivity index is 1.65. The number of anilines is 3. The van der Waals surface area contributed by atoms with Crippen molar-refractivity contribution in [2.24, 2.45) is 0 Å². The second-order valence-electron chi connectivity index (χ2n) is 7.76. The number of nitrogens with two attached hydrogens (primary N) is 1. The van der Waals surface area contributed by atoms with E-state index in [9.17, 15) is 22.8 Å². The van der Waals surface area contributed by atoms with Crippen LogP contribution in [0, 0.1) is 17.5 Å². The van der Waals surface area contributed by atoms with Crippen LogP contribution in [-0.2, 0) is 0 Å². The minimum atomic E-state index is -0.867. The maximum absolute atomic E-state index is 14.6. The molecule has 0 saturated heterocycles. The lowest BCUT2D eigenvalue weighted by atomic mass is 10.0. The average molecular weight is 468 g/mol. The van der Waals surface area contributed by atoms with Crippen LogP contribution in [0.2, 0.25) is 0 Å². The summed E-state index contributed by atoms with van der Waals surface area (Å²) >= 11 is 0. The maximum atomic E-state index is 14.6. The predicted octanol–water partition coefficient (Wildman–Crippen LogP) is 4.89. The number of nitrogen functional groups attached to an aromatic ring is 1. The number of nitrogens with one attached hydrogen (secondary N) is 2. The number of halogens is 3. The van der Waals surface area contributed by atoms with Gasteiger partial charge in [0.1, 0.15) is 35.2 Å². The molecule has 0 fully saturated rings. The second-order valence-corrected chi connectivity index (χ2v) is 7.76. The van der Waals surface area contributed by atoms with Crippen molar-refractivity contribution in [1.29, 1.82) is 0 Å². The molecule has 2 aromatic carbocycles. The number of hydrogen-bond acceptors (Lipinski definition) is 5. The fourth-order valence-electron chi connectivity index (χ4n) is 3.52. The Morgan fingerprint density at radius 1 is 0.941 bits per heavy atom. The third-order valence-electron chi connectivity index (χ3n) is 5.03. The Kier molecular flexibility index (Phi) is 5.93. The third-order valence-corrected chi connectivity index (χ3v) is 5.03. The molecule has 0 aliphatic carbocycles. The minimum absolute atomic E-state index is 0.0625. The quantitative estimate of drug-likeness (QED) is 0.361. The predicted molar refractivity (Wildman–Crippen MR) is 121 cm³/mol. The van der Waals surface area contributed by atoms with Crippen molar-refractivity contribution in [1.82, 2.24) is 14.5 Å². The van der Waals surface area contributed by atoms with Crippen molar-refractivity contribution in [3.63, 3.8) is 0 Å². The highest BCUT2D eigenvalue weighted by atomic mass is 19.1. The van der Waals surface area contributed by atoms with Gasteiger partial charge in [0, 0.05) is 29.7 Å². The Morgan fingerprint density at radius 2 is 1.62 bits per heavy atom. The van der Waals surface area contributed by atoms with Gasteiger partial charge in [-0.05, 0) is 44.2 Å². The zero-order valence-corrected chi connectivity index (χ0v) is 18.1. The second kappa shape index (κ2) is 8.85. The molecule has 4 N–H and O–H groups in total. The van der Waals surface area contributed by atoms with Crippen molar-refractivity contribution in [3.05, 3.63) is 77.5 Å².